The lowest BCUT2D eigenvalue weighted by Gasteiger charge is -2.25. The van der Waals surface area contributed by atoms with Gasteiger partial charge in [0.1, 0.15) is 0 Å². The van der Waals surface area contributed by atoms with Gasteiger partial charge in [-0.1, -0.05) is 23.7 Å². The van der Waals surface area contributed by atoms with Crippen molar-refractivity contribution in [1.82, 2.24) is 14.7 Å². The van der Waals surface area contributed by atoms with Crippen molar-refractivity contribution in [3.05, 3.63) is 52.3 Å². The lowest BCUT2D eigenvalue weighted by atomic mass is 10.0. The summed E-state index contributed by atoms with van der Waals surface area (Å²) in [5.74, 6) is 0.0676. The Hall–Kier alpha value is -1.81. The number of aryl methyl sites for hydroxylation is 2. The number of hydrogen-bond acceptors (Lipinski definition) is 2. The number of aromatic nitrogens is 2. The molecule has 1 unspecified atom stereocenters. The summed E-state index contributed by atoms with van der Waals surface area (Å²) in [4.78, 5) is 14.7. The summed E-state index contributed by atoms with van der Waals surface area (Å²) in [6.07, 6.45) is 3.82. The highest BCUT2D eigenvalue weighted by molar-refractivity contribution is 6.30. The fourth-order valence-corrected chi connectivity index (χ4v) is 3.13. The van der Waals surface area contributed by atoms with E-state index in [-0.39, 0.29) is 11.9 Å². The van der Waals surface area contributed by atoms with Crippen LogP contribution in [0.3, 0.4) is 0 Å². The van der Waals surface area contributed by atoms with Gasteiger partial charge < -0.3 is 4.90 Å². The van der Waals surface area contributed by atoms with Crippen LogP contribution in [0.15, 0.2) is 30.5 Å². The maximum atomic E-state index is 12.8. The van der Waals surface area contributed by atoms with E-state index in [1.54, 1.807) is 10.9 Å². The minimum atomic E-state index is 0.0676. The maximum absolute atomic E-state index is 12.8. The second-order valence-electron chi connectivity index (χ2n) is 5.51. The second-order valence-corrected chi connectivity index (χ2v) is 5.95. The number of nitrogens with zero attached hydrogens (tertiary/aromatic N) is 3. The summed E-state index contributed by atoms with van der Waals surface area (Å²) >= 11 is 5.95. The molecule has 1 aliphatic rings. The number of rotatable bonds is 2. The van der Waals surface area contributed by atoms with E-state index < -0.39 is 0 Å². The Morgan fingerprint density at radius 3 is 2.67 bits per heavy atom. The summed E-state index contributed by atoms with van der Waals surface area (Å²) in [7, 11) is 1.84. The Bertz CT molecular complexity index is 663. The van der Waals surface area contributed by atoms with Crippen LogP contribution in [0.5, 0.6) is 0 Å². The molecule has 2 aromatic rings. The Labute approximate surface area is 129 Å². The van der Waals surface area contributed by atoms with Crippen LogP contribution in [0.1, 0.15) is 40.5 Å². The van der Waals surface area contributed by atoms with Crippen molar-refractivity contribution in [3.63, 3.8) is 0 Å². The Balaban J connectivity index is 1.88. The average Bonchev–Trinajstić information content (AvgIpc) is 3.05. The van der Waals surface area contributed by atoms with Crippen molar-refractivity contribution in [3.8, 4) is 0 Å². The van der Waals surface area contributed by atoms with Crippen LogP contribution in [0.4, 0.5) is 0 Å². The molecule has 0 aliphatic carbocycles. The number of hydrogen-bond donors (Lipinski definition) is 0. The van der Waals surface area contributed by atoms with Gasteiger partial charge in [0.15, 0.2) is 0 Å². The smallest absolute Gasteiger partial charge is 0.257 e. The molecule has 1 aliphatic heterocycles. The summed E-state index contributed by atoms with van der Waals surface area (Å²) in [6, 6.07) is 7.92. The first kappa shape index (κ1) is 14.1. The van der Waals surface area contributed by atoms with Crippen LogP contribution in [0.2, 0.25) is 5.02 Å². The van der Waals surface area contributed by atoms with Gasteiger partial charge in [-0.3, -0.25) is 9.48 Å². The molecule has 2 heterocycles. The number of carbonyl (C=O) groups excluding carboxylic acids is 1. The van der Waals surface area contributed by atoms with Crippen molar-refractivity contribution >= 4 is 17.5 Å². The highest BCUT2D eigenvalue weighted by Gasteiger charge is 2.31. The lowest BCUT2D eigenvalue weighted by Crippen LogP contribution is -2.30. The fraction of sp³-hybridized carbons (Fsp3) is 0.375. The van der Waals surface area contributed by atoms with Gasteiger partial charge in [0.2, 0.25) is 0 Å². The number of amides is 1. The molecule has 1 saturated heterocycles. The summed E-state index contributed by atoms with van der Waals surface area (Å²) < 4.78 is 1.69. The van der Waals surface area contributed by atoms with Crippen molar-refractivity contribution in [1.29, 1.82) is 0 Å². The number of benzene rings is 1. The van der Waals surface area contributed by atoms with Crippen LogP contribution in [0.25, 0.3) is 0 Å². The third-order valence-electron chi connectivity index (χ3n) is 4.01. The van der Waals surface area contributed by atoms with Gasteiger partial charge in [0, 0.05) is 24.8 Å². The molecule has 0 N–H and O–H groups in total. The van der Waals surface area contributed by atoms with Crippen molar-refractivity contribution in [2.24, 2.45) is 7.05 Å². The zero-order valence-corrected chi connectivity index (χ0v) is 13.0. The van der Waals surface area contributed by atoms with Gasteiger partial charge in [0.05, 0.1) is 17.3 Å². The summed E-state index contributed by atoms with van der Waals surface area (Å²) in [5, 5.41) is 4.98. The molecule has 0 bridgehead atoms. The predicted octanol–water partition coefficient (Wildman–Crippen LogP) is 3.36. The third kappa shape index (κ3) is 2.68. The molecule has 110 valence electrons. The minimum Gasteiger partial charge on any atom is -0.331 e. The molecule has 1 amide bonds. The first-order chi connectivity index (χ1) is 10.1. The summed E-state index contributed by atoms with van der Waals surface area (Å²) in [6.45, 7) is 2.67. The highest BCUT2D eigenvalue weighted by Crippen LogP contribution is 2.33. The number of carbonyl (C=O) groups is 1. The minimum absolute atomic E-state index is 0.0676. The van der Waals surface area contributed by atoms with E-state index in [9.17, 15) is 4.79 Å². The van der Waals surface area contributed by atoms with Crippen LogP contribution in [-0.4, -0.2) is 27.1 Å². The van der Waals surface area contributed by atoms with E-state index in [4.69, 9.17) is 11.6 Å². The quantitative estimate of drug-likeness (QED) is 0.853. The van der Waals surface area contributed by atoms with Crippen molar-refractivity contribution in [2.45, 2.75) is 25.8 Å². The van der Waals surface area contributed by atoms with E-state index in [0.29, 0.717) is 5.56 Å². The molecular weight excluding hydrogens is 286 g/mol. The molecule has 1 atom stereocenters. The Morgan fingerprint density at radius 2 is 2.05 bits per heavy atom. The first-order valence-corrected chi connectivity index (χ1v) is 7.51. The molecule has 4 nitrogen and oxygen atoms in total. The third-order valence-corrected chi connectivity index (χ3v) is 4.26. The molecule has 21 heavy (non-hydrogen) atoms. The molecule has 1 fully saturated rings. The number of halogens is 1. The largest absolute Gasteiger partial charge is 0.331 e. The van der Waals surface area contributed by atoms with E-state index in [1.165, 1.54) is 0 Å². The molecule has 0 spiro atoms. The molecule has 5 heteroatoms. The fourth-order valence-electron chi connectivity index (χ4n) is 3.01. The predicted molar refractivity (Wildman–Crippen MR) is 82.4 cm³/mol. The van der Waals surface area contributed by atoms with E-state index in [1.807, 2.05) is 43.1 Å². The van der Waals surface area contributed by atoms with E-state index >= 15 is 0 Å². The molecule has 3 rings (SSSR count). The monoisotopic (exact) mass is 303 g/mol. The molecular formula is C16H18ClN3O. The van der Waals surface area contributed by atoms with E-state index in [2.05, 4.69) is 5.10 Å². The standard InChI is InChI=1S/C16H18ClN3O/c1-11-14(10-19(2)18-11)16(21)20-9-3-4-15(20)12-5-7-13(17)8-6-12/h5-8,10,15H,3-4,9H2,1-2H3. The number of likely N-dealkylation sites (tertiary alicyclic amines) is 1. The Kier molecular flexibility index (Phi) is 3.72. The second kappa shape index (κ2) is 5.53. The average molecular weight is 304 g/mol. The first-order valence-electron chi connectivity index (χ1n) is 7.13. The molecule has 0 saturated carbocycles. The summed E-state index contributed by atoms with van der Waals surface area (Å²) in [5.41, 5.74) is 2.62. The highest BCUT2D eigenvalue weighted by atomic mass is 35.5. The zero-order chi connectivity index (χ0) is 15.0. The van der Waals surface area contributed by atoms with Crippen LogP contribution < -0.4 is 0 Å². The molecule has 0 radical (unpaired) electrons. The van der Waals surface area contributed by atoms with Crippen molar-refractivity contribution in [2.75, 3.05) is 6.54 Å². The van der Waals surface area contributed by atoms with Gasteiger partial charge in [0.25, 0.3) is 5.91 Å². The van der Waals surface area contributed by atoms with Gasteiger partial charge in [-0.2, -0.15) is 5.10 Å². The van der Waals surface area contributed by atoms with Crippen molar-refractivity contribution < 1.29 is 4.79 Å². The van der Waals surface area contributed by atoms with Gasteiger partial charge in [-0.05, 0) is 37.5 Å². The Morgan fingerprint density at radius 1 is 1.33 bits per heavy atom. The molecule has 1 aromatic heterocycles. The van der Waals surface area contributed by atoms with Gasteiger partial charge >= 0.3 is 0 Å². The maximum Gasteiger partial charge on any atom is 0.257 e. The van der Waals surface area contributed by atoms with Crippen LogP contribution in [-0.2, 0) is 7.05 Å². The van der Waals surface area contributed by atoms with Gasteiger partial charge in [-0.25, -0.2) is 0 Å². The zero-order valence-electron chi connectivity index (χ0n) is 12.2. The van der Waals surface area contributed by atoms with E-state index in [0.717, 1.165) is 35.7 Å². The molecule has 1 aromatic carbocycles. The normalized spacial score (nSPS) is 18.2. The topological polar surface area (TPSA) is 38.1 Å². The lowest BCUT2D eigenvalue weighted by molar-refractivity contribution is 0.0735. The van der Waals surface area contributed by atoms with Crippen LogP contribution >= 0.6 is 11.6 Å². The SMILES string of the molecule is Cc1nn(C)cc1C(=O)N1CCCC1c1ccc(Cl)cc1. The van der Waals surface area contributed by atoms with Crippen LogP contribution in [0, 0.1) is 6.92 Å². The van der Waals surface area contributed by atoms with Gasteiger partial charge in [-0.15, -0.1) is 0 Å².